The lowest BCUT2D eigenvalue weighted by Gasteiger charge is -2.11. The first-order valence-electron chi connectivity index (χ1n) is 7.10. The van der Waals surface area contributed by atoms with Crippen molar-refractivity contribution in [1.29, 1.82) is 0 Å². The van der Waals surface area contributed by atoms with E-state index in [1.54, 1.807) is 0 Å². The summed E-state index contributed by atoms with van der Waals surface area (Å²) in [6.45, 7) is 1.89. The Labute approximate surface area is 123 Å². The van der Waals surface area contributed by atoms with Crippen LogP contribution in [0.15, 0.2) is 66.2 Å². The van der Waals surface area contributed by atoms with Crippen molar-refractivity contribution < 1.29 is 4.79 Å². The molecule has 1 heteroatoms. The highest BCUT2D eigenvalue weighted by atomic mass is 16.1. The van der Waals surface area contributed by atoms with E-state index in [4.69, 9.17) is 0 Å². The Kier molecular flexibility index (Phi) is 2.55. The molecule has 0 amide bonds. The molecule has 21 heavy (non-hydrogen) atoms. The van der Waals surface area contributed by atoms with E-state index in [2.05, 4.69) is 24.3 Å². The zero-order chi connectivity index (χ0) is 14.4. The molecule has 0 atom stereocenters. The summed E-state index contributed by atoms with van der Waals surface area (Å²) in [5.74, 6) is 0.152. The summed E-state index contributed by atoms with van der Waals surface area (Å²) in [5, 5.41) is 2.16. The number of ketones is 1. The smallest absolute Gasteiger partial charge is 0.189 e. The van der Waals surface area contributed by atoms with E-state index in [9.17, 15) is 4.79 Å². The normalized spacial score (nSPS) is 13.4. The average Bonchev–Trinajstić information content (AvgIpc) is 2.83. The minimum atomic E-state index is 0.152. The van der Waals surface area contributed by atoms with Gasteiger partial charge in [0, 0.05) is 5.56 Å². The molecule has 0 unspecified atom stereocenters. The van der Waals surface area contributed by atoms with Gasteiger partial charge in [0.25, 0.3) is 0 Å². The minimum Gasteiger partial charge on any atom is -0.289 e. The van der Waals surface area contributed by atoms with Gasteiger partial charge in [-0.25, -0.2) is 0 Å². The van der Waals surface area contributed by atoms with Gasteiger partial charge in [0.1, 0.15) is 0 Å². The fourth-order valence-electron chi connectivity index (χ4n) is 3.09. The first-order chi connectivity index (χ1) is 10.3. The molecule has 0 aliphatic heterocycles. The van der Waals surface area contributed by atoms with E-state index in [1.165, 1.54) is 0 Å². The van der Waals surface area contributed by atoms with E-state index >= 15 is 0 Å². The first kappa shape index (κ1) is 12.1. The van der Waals surface area contributed by atoms with Crippen LogP contribution in [0.4, 0.5) is 0 Å². The standard InChI is InChI=1S/C20H14O/c1-13-11-18-17(14-7-3-2-4-8-14)12-15-9-5-6-10-16(15)19(18)20(13)21/h2-12H,1H3. The van der Waals surface area contributed by atoms with Crippen LogP contribution >= 0.6 is 0 Å². The lowest BCUT2D eigenvalue weighted by Crippen LogP contribution is -1.98. The van der Waals surface area contributed by atoms with E-state index in [1.807, 2.05) is 49.4 Å². The number of carbonyl (C=O) groups excluding carboxylic acids is 1. The summed E-state index contributed by atoms with van der Waals surface area (Å²) in [6.07, 6.45) is 2.02. The van der Waals surface area contributed by atoms with Gasteiger partial charge >= 0.3 is 0 Å². The van der Waals surface area contributed by atoms with Crippen LogP contribution in [0, 0.1) is 0 Å². The zero-order valence-electron chi connectivity index (χ0n) is 11.8. The highest BCUT2D eigenvalue weighted by Gasteiger charge is 2.25. The molecule has 0 aromatic heterocycles. The van der Waals surface area contributed by atoms with Crippen LogP contribution in [0.2, 0.25) is 0 Å². The molecule has 0 N–H and O–H groups in total. The van der Waals surface area contributed by atoms with Gasteiger partial charge < -0.3 is 0 Å². The molecule has 0 bridgehead atoms. The summed E-state index contributed by atoms with van der Waals surface area (Å²) in [4.78, 5) is 12.5. The number of hydrogen-bond acceptors (Lipinski definition) is 1. The molecule has 1 aliphatic rings. The van der Waals surface area contributed by atoms with Crippen LogP contribution in [0.3, 0.4) is 0 Å². The maximum Gasteiger partial charge on any atom is 0.189 e. The van der Waals surface area contributed by atoms with Crippen molar-refractivity contribution in [3.05, 3.63) is 77.4 Å². The third kappa shape index (κ3) is 1.74. The Bertz CT molecular complexity index is 902. The molecular formula is C20H14O. The van der Waals surface area contributed by atoms with Gasteiger partial charge in [-0.1, -0.05) is 54.6 Å². The van der Waals surface area contributed by atoms with Crippen molar-refractivity contribution >= 4 is 22.6 Å². The maximum atomic E-state index is 12.5. The van der Waals surface area contributed by atoms with Crippen LogP contribution in [0.5, 0.6) is 0 Å². The minimum absolute atomic E-state index is 0.152. The Morgan fingerprint density at radius 2 is 1.57 bits per heavy atom. The van der Waals surface area contributed by atoms with E-state index in [0.717, 1.165) is 38.6 Å². The first-order valence-corrected chi connectivity index (χ1v) is 7.10. The van der Waals surface area contributed by atoms with E-state index in [-0.39, 0.29) is 5.78 Å². The maximum absolute atomic E-state index is 12.5. The van der Waals surface area contributed by atoms with Crippen molar-refractivity contribution in [3.8, 4) is 11.1 Å². The monoisotopic (exact) mass is 270 g/mol. The lowest BCUT2D eigenvalue weighted by molar-refractivity contribution is 0.104. The predicted molar refractivity (Wildman–Crippen MR) is 87.4 cm³/mol. The molecule has 1 nitrogen and oxygen atoms in total. The largest absolute Gasteiger partial charge is 0.289 e. The third-order valence-corrected chi connectivity index (χ3v) is 4.12. The third-order valence-electron chi connectivity index (χ3n) is 4.12. The lowest BCUT2D eigenvalue weighted by atomic mass is 9.91. The van der Waals surface area contributed by atoms with Crippen LogP contribution in [0.1, 0.15) is 22.8 Å². The molecule has 4 rings (SSSR count). The molecule has 0 saturated carbocycles. The highest BCUT2D eigenvalue weighted by Crippen LogP contribution is 2.38. The number of allylic oxidation sites excluding steroid dienone is 1. The molecule has 0 fully saturated rings. The van der Waals surface area contributed by atoms with Gasteiger partial charge in [0.2, 0.25) is 0 Å². The van der Waals surface area contributed by atoms with Crippen LogP contribution in [-0.4, -0.2) is 5.78 Å². The van der Waals surface area contributed by atoms with Crippen molar-refractivity contribution in [1.82, 2.24) is 0 Å². The molecule has 0 spiro atoms. The Balaban J connectivity index is 2.14. The topological polar surface area (TPSA) is 17.1 Å². The SMILES string of the molecule is CC1=Cc2c(-c3ccccc3)cc3ccccc3c2C1=O. The van der Waals surface area contributed by atoms with Gasteiger partial charge in [0.05, 0.1) is 0 Å². The second-order valence-electron chi connectivity index (χ2n) is 5.46. The number of Topliss-reactive ketones (excluding diaryl/α,β-unsaturated/α-hetero) is 1. The Morgan fingerprint density at radius 1 is 0.857 bits per heavy atom. The average molecular weight is 270 g/mol. The predicted octanol–water partition coefficient (Wildman–Crippen LogP) is 5.11. The summed E-state index contributed by atoms with van der Waals surface area (Å²) < 4.78 is 0. The fraction of sp³-hybridized carbons (Fsp3) is 0.0500. The molecule has 3 aromatic rings. The van der Waals surface area contributed by atoms with Gasteiger partial charge in [-0.15, -0.1) is 0 Å². The zero-order valence-corrected chi connectivity index (χ0v) is 11.8. The Hall–Kier alpha value is -2.67. The second-order valence-corrected chi connectivity index (χ2v) is 5.46. The van der Waals surface area contributed by atoms with Crippen LogP contribution in [-0.2, 0) is 0 Å². The number of benzene rings is 3. The van der Waals surface area contributed by atoms with Crippen molar-refractivity contribution in [2.24, 2.45) is 0 Å². The van der Waals surface area contributed by atoms with Crippen LogP contribution in [0.25, 0.3) is 28.0 Å². The highest BCUT2D eigenvalue weighted by molar-refractivity contribution is 6.25. The number of rotatable bonds is 1. The molecule has 0 heterocycles. The Morgan fingerprint density at radius 3 is 2.38 bits per heavy atom. The fourth-order valence-corrected chi connectivity index (χ4v) is 3.09. The van der Waals surface area contributed by atoms with E-state index in [0.29, 0.717) is 0 Å². The van der Waals surface area contributed by atoms with Gasteiger partial charge in [-0.2, -0.15) is 0 Å². The van der Waals surface area contributed by atoms with Crippen molar-refractivity contribution in [2.45, 2.75) is 6.92 Å². The molecule has 1 aliphatic carbocycles. The molecular weight excluding hydrogens is 256 g/mol. The van der Waals surface area contributed by atoms with Crippen LogP contribution < -0.4 is 0 Å². The molecule has 0 saturated heterocycles. The van der Waals surface area contributed by atoms with Crippen molar-refractivity contribution in [3.63, 3.8) is 0 Å². The summed E-state index contributed by atoms with van der Waals surface area (Å²) >= 11 is 0. The van der Waals surface area contributed by atoms with Gasteiger partial charge in [0.15, 0.2) is 5.78 Å². The van der Waals surface area contributed by atoms with E-state index < -0.39 is 0 Å². The van der Waals surface area contributed by atoms with Gasteiger partial charge in [-0.05, 0) is 52.1 Å². The van der Waals surface area contributed by atoms with Crippen molar-refractivity contribution in [2.75, 3.05) is 0 Å². The number of fused-ring (bicyclic) bond motifs is 3. The number of carbonyl (C=O) groups is 1. The molecule has 0 radical (unpaired) electrons. The second kappa shape index (κ2) is 4.42. The summed E-state index contributed by atoms with van der Waals surface area (Å²) in [7, 11) is 0. The quantitative estimate of drug-likeness (QED) is 0.600. The molecule has 3 aromatic carbocycles. The molecule has 100 valence electrons. The summed E-state index contributed by atoms with van der Waals surface area (Å²) in [6, 6.07) is 20.6. The summed E-state index contributed by atoms with van der Waals surface area (Å²) in [5.41, 5.74) is 5.01. The number of hydrogen-bond donors (Lipinski definition) is 0. The van der Waals surface area contributed by atoms with Gasteiger partial charge in [-0.3, -0.25) is 4.79 Å².